The van der Waals surface area contributed by atoms with E-state index < -0.39 is 0 Å². The number of carbonyl (C=O) groups excluding carboxylic acids is 1. The molecule has 92 valence electrons. The summed E-state index contributed by atoms with van der Waals surface area (Å²) in [5, 5.41) is 11.2. The number of hydrogen-bond donors (Lipinski definition) is 0. The molecule has 0 bridgehead atoms. The molecule has 0 unspecified atom stereocenters. The number of aromatic nitrogens is 1. The summed E-state index contributed by atoms with van der Waals surface area (Å²) in [6.07, 6.45) is 1.47. The Bertz CT molecular complexity index is 576. The Balaban J connectivity index is 2.34. The minimum Gasteiger partial charge on any atom is -0.619 e. The van der Waals surface area contributed by atoms with Crippen molar-refractivity contribution >= 4 is 5.97 Å². The van der Waals surface area contributed by atoms with Gasteiger partial charge in [-0.05, 0) is 23.3 Å². The zero-order chi connectivity index (χ0) is 13.1. The average Bonchev–Trinajstić information content (AvgIpc) is 2.41. The Morgan fingerprint density at radius 3 is 2.39 bits per heavy atom. The van der Waals surface area contributed by atoms with E-state index in [2.05, 4.69) is 4.74 Å². The smallest absolute Gasteiger partial charge is 0.337 e. The lowest BCUT2D eigenvalue weighted by atomic mass is 10.0. The molecular weight excluding hydrogens is 230 g/mol. The molecule has 2 aromatic rings. The Kier molecular flexibility index (Phi) is 3.28. The standard InChI is InChI=1S/C14H13NO3/c1-10-9-13(7-8-15(10)17)11-3-5-12(6-4-11)14(16)18-2/h3-9H,1-2H3. The predicted molar refractivity (Wildman–Crippen MR) is 66.9 cm³/mol. The fourth-order valence-electron chi connectivity index (χ4n) is 1.70. The van der Waals surface area contributed by atoms with Crippen molar-refractivity contribution in [3.8, 4) is 11.1 Å². The molecule has 1 aromatic heterocycles. The van der Waals surface area contributed by atoms with E-state index in [9.17, 15) is 10.0 Å². The third-order valence-electron chi connectivity index (χ3n) is 2.74. The Morgan fingerprint density at radius 2 is 1.83 bits per heavy atom. The highest BCUT2D eigenvalue weighted by Gasteiger charge is 2.07. The van der Waals surface area contributed by atoms with Crippen LogP contribution in [0.15, 0.2) is 42.6 Å². The summed E-state index contributed by atoms with van der Waals surface area (Å²) in [6.45, 7) is 1.75. The lowest BCUT2D eigenvalue weighted by Gasteiger charge is -2.05. The van der Waals surface area contributed by atoms with Crippen LogP contribution in [0.3, 0.4) is 0 Å². The number of methoxy groups -OCH3 is 1. The molecule has 4 heteroatoms. The second kappa shape index (κ2) is 4.87. The molecule has 0 fully saturated rings. The van der Waals surface area contributed by atoms with Gasteiger partial charge in [0.15, 0.2) is 11.9 Å². The summed E-state index contributed by atoms with van der Waals surface area (Å²) in [7, 11) is 1.35. The Labute approximate surface area is 105 Å². The van der Waals surface area contributed by atoms with Gasteiger partial charge in [0.1, 0.15) is 0 Å². The molecule has 0 N–H and O–H groups in total. The molecular formula is C14H13NO3. The highest BCUT2D eigenvalue weighted by atomic mass is 16.5. The first-order chi connectivity index (χ1) is 8.61. The largest absolute Gasteiger partial charge is 0.619 e. The van der Waals surface area contributed by atoms with Crippen molar-refractivity contribution < 1.29 is 14.3 Å². The molecule has 0 aliphatic heterocycles. The topological polar surface area (TPSA) is 53.2 Å². The number of carbonyl (C=O) groups is 1. The zero-order valence-corrected chi connectivity index (χ0v) is 10.2. The maximum Gasteiger partial charge on any atom is 0.337 e. The third-order valence-corrected chi connectivity index (χ3v) is 2.74. The van der Waals surface area contributed by atoms with E-state index in [0.29, 0.717) is 11.3 Å². The van der Waals surface area contributed by atoms with E-state index in [1.807, 2.05) is 12.1 Å². The summed E-state index contributed by atoms with van der Waals surface area (Å²) in [5.74, 6) is -0.358. The van der Waals surface area contributed by atoms with E-state index in [4.69, 9.17) is 0 Å². The van der Waals surface area contributed by atoms with Gasteiger partial charge < -0.3 is 9.94 Å². The molecule has 2 rings (SSSR count). The van der Waals surface area contributed by atoms with Crippen molar-refractivity contribution in [2.45, 2.75) is 6.92 Å². The number of aryl methyl sites for hydroxylation is 1. The van der Waals surface area contributed by atoms with Crippen LogP contribution in [0.4, 0.5) is 0 Å². The number of esters is 1. The van der Waals surface area contributed by atoms with Crippen molar-refractivity contribution in [2.75, 3.05) is 7.11 Å². The summed E-state index contributed by atoms with van der Waals surface area (Å²) in [5.41, 5.74) is 3.03. The van der Waals surface area contributed by atoms with Crippen molar-refractivity contribution in [3.63, 3.8) is 0 Å². The normalized spacial score (nSPS) is 10.1. The molecule has 1 heterocycles. The summed E-state index contributed by atoms with van der Waals surface area (Å²) < 4.78 is 5.44. The maximum absolute atomic E-state index is 11.3. The number of nitrogens with zero attached hydrogens (tertiary/aromatic N) is 1. The molecule has 18 heavy (non-hydrogen) atoms. The van der Waals surface area contributed by atoms with Crippen LogP contribution in [-0.2, 0) is 4.74 Å². The molecule has 0 radical (unpaired) electrons. The highest BCUT2D eigenvalue weighted by molar-refractivity contribution is 5.89. The fourth-order valence-corrected chi connectivity index (χ4v) is 1.70. The average molecular weight is 243 g/mol. The van der Waals surface area contributed by atoms with Crippen molar-refractivity contribution in [3.05, 3.63) is 59.1 Å². The van der Waals surface area contributed by atoms with Crippen LogP contribution in [0, 0.1) is 12.1 Å². The van der Waals surface area contributed by atoms with Gasteiger partial charge in [-0.3, -0.25) is 0 Å². The number of ether oxygens (including phenoxy) is 1. The Hall–Kier alpha value is -2.36. The number of pyridine rings is 1. The third kappa shape index (κ3) is 2.32. The molecule has 0 atom stereocenters. The minimum atomic E-state index is -0.358. The Morgan fingerprint density at radius 1 is 1.17 bits per heavy atom. The second-order valence-electron chi connectivity index (χ2n) is 3.95. The molecule has 1 aromatic carbocycles. The molecule has 0 amide bonds. The molecule has 4 nitrogen and oxygen atoms in total. The van der Waals surface area contributed by atoms with Crippen LogP contribution in [0.2, 0.25) is 0 Å². The number of benzene rings is 1. The van der Waals surface area contributed by atoms with Gasteiger partial charge in [0.25, 0.3) is 0 Å². The van der Waals surface area contributed by atoms with Crippen molar-refractivity contribution in [2.24, 2.45) is 0 Å². The van der Waals surface area contributed by atoms with Crippen LogP contribution < -0.4 is 4.73 Å². The predicted octanol–water partition coefficient (Wildman–Crippen LogP) is 2.08. The van der Waals surface area contributed by atoms with Crippen LogP contribution in [-0.4, -0.2) is 13.1 Å². The van der Waals surface area contributed by atoms with Gasteiger partial charge in [-0.2, -0.15) is 4.73 Å². The minimum absolute atomic E-state index is 0.358. The fraction of sp³-hybridized carbons (Fsp3) is 0.143. The molecule has 0 saturated heterocycles. The van der Waals surface area contributed by atoms with Crippen molar-refractivity contribution in [1.82, 2.24) is 0 Å². The molecule has 0 spiro atoms. The lowest BCUT2D eigenvalue weighted by Crippen LogP contribution is -2.28. The first-order valence-electron chi connectivity index (χ1n) is 5.50. The van der Waals surface area contributed by atoms with Gasteiger partial charge in [-0.25, -0.2) is 4.79 Å². The molecule has 0 saturated carbocycles. The molecule has 0 aliphatic rings. The van der Waals surface area contributed by atoms with Crippen LogP contribution in [0.1, 0.15) is 16.1 Å². The first-order valence-corrected chi connectivity index (χ1v) is 5.50. The van der Waals surface area contributed by atoms with Crippen LogP contribution in [0.5, 0.6) is 0 Å². The van der Waals surface area contributed by atoms with E-state index >= 15 is 0 Å². The summed E-state index contributed by atoms with van der Waals surface area (Å²) >= 11 is 0. The number of hydrogen-bond acceptors (Lipinski definition) is 3. The number of rotatable bonds is 2. The monoisotopic (exact) mass is 243 g/mol. The van der Waals surface area contributed by atoms with E-state index in [-0.39, 0.29) is 5.97 Å². The second-order valence-corrected chi connectivity index (χ2v) is 3.95. The SMILES string of the molecule is COC(=O)c1ccc(-c2cc[n+]([O-])c(C)c2)cc1. The van der Waals surface area contributed by atoms with Gasteiger partial charge in [-0.15, -0.1) is 0 Å². The van der Waals surface area contributed by atoms with Gasteiger partial charge in [0.2, 0.25) is 0 Å². The van der Waals surface area contributed by atoms with E-state index in [1.54, 1.807) is 31.2 Å². The van der Waals surface area contributed by atoms with Gasteiger partial charge in [0.05, 0.1) is 12.7 Å². The van der Waals surface area contributed by atoms with Gasteiger partial charge in [0, 0.05) is 19.1 Å². The molecule has 0 aliphatic carbocycles. The summed E-state index contributed by atoms with van der Waals surface area (Å²) in [6, 6.07) is 10.6. The maximum atomic E-state index is 11.3. The van der Waals surface area contributed by atoms with E-state index in [1.165, 1.54) is 13.3 Å². The summed E-state index contributed by atoms with van der Waals surface area (Å²) in [4.78, 5) is 11.3. The van der Waals surface area contributed by atoms with Gasteiger partial charge in [-0.1, -0.05) is 12.1 Å². The van der Waals surface area contributed by atoms with Crippen LogP contribution >= 0.6 is 0 Å². The van der Waals surface area contributed by atoms with Crippen molar-refractivity contribution in [1.29, 1.82) is 0 Å². The van der Waals surface area contributed by atoms with Crippen LogP contribution in [0.25, 0.3) is 11.1 Å². The lowest BCUT2D eigenvalue weighted by molar-refractivity contribution is -0.612. The van der Waals surface area contributed by atoms with E-state index in [0.717, 1.165) is 15.9 Å². The quantitative estimate of drug-likeness (QED) is 0.461. The zero-order valence-electron chi connectivity index (χ0n) is 10.2. The highest BCUT2D eigenvalue weighted by Crippen LogP contribution is 2.19. The van der Waals surface area contributed by atoms with Gasteiger partial charge >= 0.3 is 5.97 Å². The first kappa shape index (κ1) is 12.1.